The van der Waals surface area contributed by atoms with Crippen LogP contribution < -0.4 is 5.73 Å². The molecule has 2 unspecified atom stereocenters. The van der Waals surface area contributed by atoms with Gasteiger partial charge in [0.25, 0.3) is 0 Å². The Balaban J connectivity index is 4.42. The molecular formula is C9H17NO3. The molecule has 2 atom stereocenters. The number of amides is 1. The fraction of sp³-hybridized carbons (Fsp3) is 0.778. The normalized spacial score (nSPS) is 15.4. The van der Waals surface area contributed by atoms with Crippen molar-refractivity contribution in [2.24, 2.45) is 23.5 Å². The first kappa shape index (κ1) is 11.9. The maximum Gasteiger partial charge on any atom is 0.307 e. The highest BCUT2D eigenvalue weighted by Gasteiger charge is 2.28. The Bertz CT molecular complexity index is 201. The maximum atomic E-state index is 10.8. The van der Waals surface area contributed by atoms with Crippen molar-refractivity contribution >= 4 is 11.9 Å². The second-order valence-corrected chi connectivity index (χ2v) is 3.77. The smallest absolute Gasteiger partial charge is 0.307 e. The molecule has 76 valence electrons. The summed E-state index contributed by atoms with van der Waals surface area (Å²) in [6, 6.07) is 0. The van der Waals surface area contributed by atoms with E-state index in [1.807, 2.05) is 13.8 Å². The molecule has 0 aliphatic heterocycles. The van der Waals surface area contributed by atoms with Crippen molar-refractivity contribution in [2.45, 2.75) is 27.2 Å². The highest BCUT2D eigenvalue weighted by atomic mass is 16.4. The number of primary amides is 1. The molecule has 1 amide bonds. The number of carboxylic acids is 1. The lowest BCUT2D eigenvalue weighted by atomic mass is 9.86. The van der Waals surface area contributed by atoms with E-state index >= 15 is 0 Å². The van der Waals surface area contributed by atoms with Gasteiger partial charge in [-0.15, -0.1) is 0 Å². The van der Waals surface area contributed by atoms with Crippen LogP contribution in [-0.4, -0.2) is 17.0 Å². The lowest BCUT2D eigenvalue weighted by Gasteiger charge is -2.18. The first-order valence-corrected chi connectivity index (χ1v) is 4.38. The number of aliphatic carboxylic acids is 1. The molecule has 0 heterocycles. The SMILES string of the molecule is CC(C)CC(C(=O)O)C(C)C(N)=O. The third-order valence-corrected chi connectivity index (χ3v) is 2.09. The monoisotopic (exact) mass is 187 g/mol. The fourth-order valence-electron chi connectivity index (χ4n) is 1.22. The minimum atomic E-state index is -0.944. The van der Waals surface area contributed by atoms with Crippen molar-refractivity contribution in [2.75, 3.05) is 0 Å². The van der Waals surface area contributed by atoms with E-state index in [-0.39, 0.29) is 5.92 Å². The lowest BCUT2D eigenvalue weighted by Crippen LogP contribution is -2.33. The zero-order chi connectivity index (χ0) is 10.6. The van der Waals surface area contributed by atoms with Gasteiger partial charge in [0.15, 0.2) is 0 Å². The van der Waals surface area contributed by atoms with E-state index in [4.69, 9.17) is 10.8 Å². The fourth-order valence-corrected chi connectivity index (χ4v) is 1.22. The lowest BCUT2D eigenvalue weighted by molar-refractivity contribution is -0.147. The average molecular weight is 187 g/mol. The van der Waals surface area contributed by atoms with Gasteiger partial charge in [-0.3, -0.25) is 9.59 Å². The second-order valence-electron chi connectivity index (χ2n) is 3.77. The molecule has 0 saturated heterocycles. The van der Waals surface area contributed by atoms with Crippen LogP contribution in [0.5, 0.6) is 0 Å². The third-order valence-electron chi connectivity index (χ3n) is 2.09. The molecule has 0 fully saturated rings. The standard InChI is InChI=1S/C9H17NO3/c1-5(2)4-7(9(12)13)6(3)8(10)11/h5-7H,4H2,1-3H3,(H2,10,11)(H,12,13). The molecule has 0 bridgehead atoms. The van der Waals surface area contributed by atoms with Crippen molar-refractivity contribution in [3.8, 4) is 0 Å². The summed E-state index contributed by atoms with van der Waals surface area (Å²) in [7, 11) is 0. The summed E-state index contributed by atoms with van der Waals surface area (Å²) >= 11 is 0. The molecule has 4 heteroatoms. The number of nitrogens with two attached hydrogens (primary N) is 1. The molecule has 0 spiro atoms. The zero-order valence-corrected chi connectivity index (χ0v) is 8.28. The molecule has 0 aromatic carbocycles. The van der Waals surface area contributed by atoms with E-state index in [2.05, 4.69) is 0 Å². The Labute approximate surface area is 78.1 Å². The highest BCUT2D eigenvalue weighted by Crippen LogP contribution is 2.20. The van der Waals surface area contributed by atoms with Crippen LogP contribution in [0.1, 0.15) is 27.2 Å². The van der Waals surface area contributed by atoms with E-state index < -0.39 is 23.7 Å². The summed E-state index contributed by atoms with van der Waals surface area (Å²) in [4.78, 5) is 21.6. The first-order chi connectivity index (χ1) is 5.86. The first-order valence-electron chi connectivity index (χ1n) is 4.38. The molecule has 0 aliphatic rings. The Morgan fingerprint density at radius 1 is 1.31 bits per heavy atom. The van der Waals surface area contributed by atoms with Crippen LogP contribution in [0.2, 0.25) is 0 Å². The number of hydrogen-bond acceptors (Lipinski definition) is 2. The Morgan fingerprint density at radius 3 is 2.00 bits per heavy atom. The molecule has 0 aliphatic carbocycles. The minimum absolute atomic E-state index is 0.253. The van der Waals surface area contributed by atoms with Crippen LogP contribution in [0.3, 0.4) is 0 Å². The zero-order valence-electron chi connectivity index (χ0n) is 8.28. The van der Waals surface area contributed by atoms with Crippen LogP contribution >= 0.6 is 0 Å². The molecule has 4 nitrogen and oxygen atoms in total. The number of carbonyl (C=O) groups excluding carboxylic acids is 1. The summed E-state index contributed by atoms with van der Waals surface area (Å²) in [6.45, 7) is 5.40. The van der Waals surface area contributed by atoms with Crippen molar-refractivity contribution in [3.05, 3.63) is 0 Å². The van der Waals surface area contributed by atoms with Gasteiger partial charge in [-0.25, -0.2) is 0 Å². The van der Waals surface area contributed by atoms with E-state index in [0.717, 1.165) is 0 Å². The molecule has 0 saturated carbocycles. The van der Waals surface area contributed by atoms with Crippen LogP contribution in [0.15, 0.2) is 0 Å². The highest BCUT2D eigenvalue weighted by molar-refractivity contribution is 5.83. The van der Waals surface area contributed by atoms with Gasteiger partial charge in [-0.05, 0) is 12.3 Å². The van der Waals surface area contributed by atoms with Crippen molar-refractivity contribution < 1.29 is 14.7 Å². The van der Waals surface area contributed by atoms with Crippen LogP contribution in [0, 0.1) is 17.8 Å². The minimum Gasteiger partial charge on any atom is -0.481 e. The van der Waals surface area contributed by atoms with Gasteiger partial charge >= 0.3 is 5.97 Å². The molecule has 13 heavy (non-hydrogen) atoms. The molecule has 0 aromatic heterocycles. The van der Waals surface area contributed by atoms with Crippen LogP contribution in [-0.2, 0) is 9.59 Å². The molecular weight excluding hydrogens is 170 g/mol. The Kier molecular flexibility index (Phi) is 4.45. The largest absolute Gasteiger partial charge is 0.481 e. The summed E-state index contributed by atoms with van der Waals surface area (Å²) in [6.07, 6.45) is 0.486. The number of hydrogen-bond donors (Lipinski definition) is 2. The molecule has 0 aromatic rings. The van der Waals surface area contributed by atoms with Crippen molar-refractivity contribution in [3.63, 3.8) is 0 Å². The van der Waals surface area contributed by atoms with Crippen molar-refractivity contribution in [1.29, 1.82) is 0 Å². The van der Waals surface area contributed by atoms with Crippen LogP contribution in [0.25, 0.3) is 0 Å². The van der Waals surface area contributed by atoms with Gasteiger partial charge in [0.1, 0.15) is 0 Å². The molecule has 3 N–H and O–H groups in total. The maximum absolute atomic E-state index is 10.8. The summed E-state index contributed by atoms with van der Waals surface area (Å²) in [5.41, 5.74) is 5.05. The summed E-state index contributed by atoms with van der Waals surface area (Å²) in [5.74, 6) is -2.49. The predicted octanol–water partition coefficient (Wildman–Crippen LogP) is 0.855. The van der Waals surface area contributed by atoms with Gasteiger partial charge in [-0.1, -0.05) is 20.8 Å². The van der Waals surface area contributed by atoms with Gasteiger partial charge in [0, 0.05) is 5.92 Å². The second kappa shape index (κ2) is 4.84. The van der Waals surface area contributed by atoms with E-state index in [9.17, 15) is 9.59 Å². The van der Waals surface area contributed by atoms with Gasteiger partial charge in [-0.2, -0.15) is 0 Å². The predicted molar refractivity (Wildman–Crippen MR) is 48.9 cm³/mol. The number of rotatable bonds is 5. The quantitative estimate of drug-likeness (QED) is 0.669. The number of carboxylic acid groups (broad SMARTS) is 1. The molecule has 0 rings (SSSR count). The van der Waals surface area contributed by atoms with E-state index in [1.165, 1.54) is 0 Å². The Morgan fingerprint density at radius 2 is 1.77 bits per heavy atom. The Hall–Kier alpha value is -1.06. The van der Waals surface area contributed by atoms with E-state index in [0.29, 0.717) is 6.42 Å². The molecule has 0 radical (unpaired) electrons. The van der Waals surface area contributed by atoms with Gasteiger partial charge in [0.2, 0.25) is 5.91 Å². The van der Waals surface area contributed by atoms with Crippen molar-refractivity contribution in [1.82, 2.24) is 0 Å². The van der Waals surface area contributed by atoms with Crippen LogP contribution in [0.4, 0.5) is 0 Å². The van der Waals surface area contributed by atoms with Gasteiger partial charge < -0.3 is 10.8 Å². The topological polar surface area (TPSA) is 80.4 Å². The average Bonchev–Trinajstić information content (AvgIpc) is 1.97. The third kappa shape index (κ3) is 3.92. The summed E-state index contributed by atoms with van der Waals surface area (Å²) in [5, 5.41) is 8.83. The van der Waals surface area contributed by atoms with Gasteiger partial charge in [0.05, 0.1) is 5.92 Å². The van der Waals surface area contributed by atoms with E-state index in [1.54, 1.807) is 6.92 Å². The summed E-state index contributed by atoms with van der Waals surface area (Å²) < 4.78 is 0. The number of carbonyl (C=O) groups is 2.